The van der Waals surface area contributed by atoms with Crippen LogP contribution in [0.2, 0.25) is 0 Å². The molecule has 1 saturated heterocycles. The van der Waals surface area contributed by atoms with Gasteiger partial charge in [-0.3, -0.25) is 4.90 Å². The molecule has 3 aromatic rings. The number of H-pyrrole nitrogens is 1. The van der Waals surface area contributed by atoms with Gasteiger partial charge in [0.2, 0.25) is 0 Å². The van der Waals surface area contributed by atoms with E-state index in [1.54, 1.807) is 18.0 Å². The van der Waals surface area contributed by atoms with Crippen molar-refractivity contribution < 1.29 is 0 Å². The van der Waals surface area contributed by atoms with E-state index in [0.29, 0.717) is 5.56 Å². The van der Waals surface area contributed by atoms with Crippen molar-refractivity contribution >= 4 is 28.4 Å². The number of nitrogens with one attached hydrogen (secondary N) is 1. The lowest BCUT2D eigenvalue weighted by Gasteiger charge is -2.36. The molecule has 1 N–H and O–H groups in total. The average Bonchev–Trinajstić information content (AvgIpc) is 3.18. The molecule has 0 atom stereocenters. The molecule has 2 aromatic heterocycles. The normalized spacial score (nSPS) is 15.3. The van der Waals surface area contributed by atoms with Gasteiger partial charge in [0.25, 0.3) is 0 Å². The number of aromatic nitrogens is 3. The molecule has 0 saturated carbocycles. The predicted molar refractivity (Wildman–Crippen MR) is 104 cm³/mol. The largest absolute Gasteiger partial charge is 0.368 e. The zero-order chi connectivity index (χ0) is 17.8. The second-order valence-corrected chi connectivity index (χ2v) is 7.33. The van der Waals surface area contributed by atoms with Gasteiger partial charge < -0.3 is 9.88 Å². The number of piperazine rings is 1. The number of fused-ring (bicyclic) bond motifs is 1. The lowest BCUT2D eigenvalue weighted by Crippen LogP contribution is -2.47. The van der Waals surface area contributed by atoms with Crippen molar-refractivity contribution in [3.63, 3.8) is 0 Å². The van der Waals surface area contributed by atoms with E-state index in [9.17, 15) is 0 Å². The predicted octanol–water partition coefficient (Wildman–Crippen LogP) is 2.74. The molecule has 3 heterocycles. The molecule has 0 radical (unpaired) electrons. The summed E-state index contributed by atoms with van der Waals surface area (Å²) in [4.78, 5) is 16.3. The van der Waals surface area contributed by atoms with E-state index in [1.807, 2.05) is 6.20 Å². The molecule has 1 aliphatic rings. The van der Waals surface area contributed by atoms with Crippen molar-refractivity contribution in [3.8, 4) is 6.07 Å². The van der Waals surface area contributed by atoms with Crippen molar-refractivity contribution in [2.45, 2.75) is 5.03 Å². The van der Waals surface area contributed by atoms with Crippen LogP contribution in [0.15, 0.2) is 48.0 Å². The third kappa shape index (κ3) is 3.52. The summed E-state index contributed by atoms with van der Waals surface area (Å²) in [7, 11) is 0. The van der Waals surface area contributed by atoms with Gasteiger partial charge in [-0.25, -0.2) is 9.97 Å². The molecule has 26 heavy (non-hydrogen) atoms. The Hall–Kier alpha value is -2.56. The van der Waals surface area contributed by atoms with Crippen molar-refractivity contribution in [3.05, 3.63) is 48.5 Å². The number of nitriles is 1. The second-order valence-electron chi connectivity index (χ2n) is 6.25. The average molecular weight is 364 g/mol. The first-order valence-electron chi connectivity index (χ1n) is 8.71. The van der Waals surface area contributed by atoms with E-state index < -0.39 is 0 Å². The zero-order valence-electron chi connectivity index (χ0n) is 14.4. The first kappa shape index (κ1) is 16.9. The summed E-state index contributed by atoms with van der Waals surface area (Å²) in [5.41, 5.74) is 3.07. The minimum absolute atomic E-state index is 0.557. The molecule has 0 aliphatic carbocycles. The van der Waals surface area contributed by atoms with Gasteiger partial charge in [0.1, 0.15) is 23.0 Å². The Bertz CT molecular complexity index is 923. The SMILES string of the molecule is N#Cc1cncnc1SCCN1CCN(c2cccc3[nH]ccc23)CC1. The quantitative estimate of drug-likeness (QED) is 0.554. The van der Waals surface area contributed by atoms with Crippen LogP contribution in [-0.4, -0.2) is 58.3 Å². The monoisotopic (exact) mass is 364 g/mol. The van der Waals surface area contributed by atoms with Gasteiger partial charge in [0.15, 0.2) is 0 Å². The fourth-order valence-electron chi connectivity index (χ4n) is 3.34. The number of benzene rings is 1. The fraction of sp³-hybridized carbons (Fsp3) is 0.316. The van der Waals surface area contributed by atoms with Gasteiger partial charge in [-0.05, 0) is 18.2 Å². The second kappa shape index (κ2) is 7.77. The summed E-state index contributed by atoms with van der Waals surface area (Å²) in [5.74, 6) is 0.930. The number of rotatable bonds is 5. The minimum Gasteiger partial charge on any atom is -0.368 e. The van der Waals surface area contributed by atoms with Crippen LogP contribution in [0.4, 0.5) is 5.69 Å². The van der Waals surface area contributed by atoms with E-state index in [0.717, 1.165) is 43.5 Å². The molecular formula is C19H20N6S. The van der Waals surface area contributed by atoms with Crippen molar-refractivity contribution in [1.29, 1.82) is 5.26 Å². The fourth-order valence-corrected chi connectivity index (χ4v) is 4.26. The van der Waals surface area contributed by atoms with Crippen LogP contribution in [0.25, 0.3) is 10.9 Å². The van der Waals surface area contributed by atoms with E-state index in [1.165, 1.54) is 22.9 Å². The Kier molecular flexibility index (Phi) is 5.04. The molecule has 132 valence electrons. The lowest BCUT2D eigenvalue weighted by molar-refractivity contribution is 0.273. The van der Waals surface area contributed by atoms with Crippen LogP contribution < -0.4 is 4.90 Å². The lowest BCUT2D eigenvalue weighted by atomic mass is 10.2. The highest BCUT2D eigenvalue weighted by molar-refractivity contribution is 7.99. The van der Waals surface area contributed by atoms with E-state index in [2.05, 4.69) is 55.1 Å². The molecule has 0 amide bonds. The summed E-state index contributed by atoms with van der Waals surface area (Å²) in [6.07, 6.45) is 5.09. The van der Waals surface area contributed by atoms with Gasteiger partial charge in [0.05, 0.1) is 0 Å². The topological polar surface area (TPSA) is 71.8 Å². The highest BCUT2D eigenvalue weighted by Gasteiger charge is 2.18. The third-order valence-corrected chi connectivity index (χ3v) is 5.71. The molecule has 1 aromatic carbocycles. The summed E-state index contributed by atoms with van der Waals surface area (Å²) >= 11 is 1.63. The van der Waals surface area contributed by atoms with Crippen LogP contribution in [0.5, 0.6) is 0 Å². The number of hydrogen-bond acceptors (Lipinski definition) is 6. The smallest absolute Gasteiger partial charge is 0.117 e. The number of anilines is 1. The molecule has 0 bridgehead atoms. The first-order valence-corrected chi connectivity index (χ1v) is 9.70. The molecule has 4 rings (SSSR count). The molecular weight excluding hydrogens is 344 g/mol. The van der Waals surface area contributed by atoms with Gasteiger partial charge in [-0.2, -0.15) is 5.26 Å². The molecule has 0 unspecified atom stereocenters. The summed E-state index contributed by atoms with van der Waals surface area (Å²) < 4.78 is 0. The zero-order valence-corrected chi connectivity index (χ0v) is 15.2. The van der Waals surface area contributed by atoms with E-state index in [4.69, 9.17) is 5.26 Å². The van der Waals surface area contributed by atoms with Crippen LogP contribution in [0, 0.1) is 11.3 Å². The van der Waals surface area contributed by atoms with Gasteiger partial charge in [-0.1, -0.05) is 6.07 Å². The van der Waals surface area contributed by atoms with Crippen molar-refractivity contribution in [2.75, 3.05) is 43.4 Å². The Labute approximate surface area is 156 Å². The Morgan fingerprint density at radius 3 is 2.92 bits per heavy atom. The maximum atomic E-state index is 9.10. The summed E-state index contributed by atoms with van der Waals surface area (Å²) in [6.45, 7) is 5.17. The molecule has 1 fully saturated rings. The summed E-state index contributed by atoms with van der Waals surface area (Å²) in [5, 5.41) is 11.2. The first-order chi connectivity index (χ1) is 12.8. The van der Waals surface area contributed by atoms with Crippen LogP contribution in [-0.2, 0) is 0 Å². The van der Waals surface area contributed by atoms with Gasteiger partial charge >= 0.3 is 0 Å². The van der Waals surface area contributed by atoms with Crippen LogP contribution in [0.3, 0.4) is 0 Å². The highest BCUT2D eigenvalue weighted by Crippen LogP contribution is 2.27. The molecule has 6 nitrogen and oxygen atoms in total. The van der Waals surface area contributed by atoms with E-state index >= 15 is 0 Å². The van der Waals surface area contributed by atoms with Gasteiger partial charge in [-0.15, -0.1) is 11.8 Å². The van der Waals surface area contributed by atoms with Crippen molar-refractivity contribution in [2.24, 2.45) is 0 Å². The van der Waals surface area contributed by atoms with Crippen LogP contribution >= 0.6 is 11.8 Å². The molecule has 7 heteroatoms. The Morgan fingerprint density at radius 1 is 1.19 bits per heavy atom. The Balaban J connectivity index is 1.30. The molecule has 0 spiro atoms. The molecule has 1 aliphatic heterocycles. The van der Waals surface area contributed by atoms with Crippen molar-refractivity contribution in [1.82, 2.24) is 19.9 Å². The minimum atomic E-state index is 0.557. The maximum absolute atomic E-state index is 9.10. The third-order valence-electron chi connectivity index (χ3n) is 4.73. The Morgan fingerprint density at radius 2 is 2.08 bits per heavy atom. The number of nitrogens with zero attached hydrogens (tertiary/aromatic N) is 5. The standard InChI is InChI=1S/C19H20N6S/c20-12-15-13-21-14-23-19(15)26-11-10-24-6-8-25(9-7-24)18-3-1-2-17-16(18)4-5-22-17/h1-5,13-14,22H,6-11H2. The number of aromatic amines is 1. The number of thioether (sulfide) groups is 1. The van der Waals surface area contributed by atoms with Gasteiger partial charge in [0, 0.05) is 67.5 Å². The highest BCUT2D eigenvalue weighted by atomic mass is 32.2. The van der Waals surface area contributed by atoms with E-state index in [-0.39, 0.29) is 0 Å². The maximum Gasteiger partial charge on any atom is 0.117 e. The van der Waals surface area contributed by atoms with Crippen LogP contribution in [0.1, 0.15) is 5.56 Å². The summed E-state index contributed by atoms with van der Waals surface area (Å²) in [6, 6.07) is 10.8. The number of hydrogen-bond donors (Lipinski definition) is 1.